The van der Waals surface area contributed by atoms with Crippen molar-refractivity contribution >= 4 is 21.9 Å². The first-order valence-corrected chi connectivity index (χ1v) is 13.8. The van der Waals surface area contributed by atoms with Crippen LogP contribution in [0.15, 0.2) is 126 Å². The molecule has 0 aliphatic carbocycles. The van der Waals surface area contributed by atoms with Gasteiger partial charge >= 0.3 is 5.66 Å². The van der Waals surface area contributed by atoms with Gasteiger partial charge in [-0.1, -0.05) is 42.5 Å². The van der Waals surface area contributed by atoms with E-state index in [1.165, 1.54) is 27.9 Å². The zero-order chi connectivity index (χ0) is 27.3. The van der Waals surface area contributed by atoms with Crippen LogP contribution in [0.2, 0.25) is 0 Å². The number of benzene rings is 4. The predicted octanol–water partition coefficient (Wildman–Crippen LogP) is 7.27. The first-order valence-electron chi connectivity index (χ1n) is 13.8. The van der Waals surface area contributed by atoms with E-state index in [0.29, 0.717) is 5.56 Å². The van der Waals surface area contributed by atoms with Crippen LogP contribution in [0.3, 0.4) is 0 Å². The third kappa shape index (κ3) is 2.63. The Labute approximate surface area is 236 Å². The smallest absolute Gasteiger partial charge is 0.417 e. The molecule has 4 nitrogen and oxygen atoms in total. The second-order valence-electron chi connectivity index (χ2n) is 10.9. The summed E-state index contributed by atoms with van der Waals surface area (Å²) in [5, 5.41) is 12.1. The summed E-state index contributed by atoms with van der Waals surface area (Å²) in [6.45, 7) is 2.15. The molecule has 7 aromatic rings. The van der Waals surface area contributed by atoms with Crippen molar-refractivity contribution in [2.24, 2.45) is 0 Å². The molecule has 3 aromatic heterocycles. The molecule has 4 aromatic carbocycles. The first-order chi connectivity index (χ1) is 20.2. The number of fused-ring (bicyclic) bond motifs is 14. The second kappa shape index (κ2) is 7.78. The highest BCUT2D eigenvalue weighted by Gasteiger charge is 2.67. The molecule has 9 rings (SSSR count). The van der Waals surface area contributed by atoms with Gasteiger partial charge in [0.1, 0.15) is 27.9 Å². The number of aromatic nitrogens is 2. The summed E-state index contributed by atoms with van der Waals surface area (Å²) in [7, 11) is 0. The van der Waals surface area contributed by atoms with E-state index in [-0.39, 0.29) is 0 Å². The summed E-state index contributed by atoms with van der Waals surface area (Å²) in [4.78, 5) is 0. The van der Waals surface area contributed by atoms with Crippen molar-refractivity contribution in [1.82, 2.24) is 0 Å². The highest BCUT2D eigenvalue weighted by molar-refractivity contribution is 6.14. The number of hydrogen-bond acceptors (Lipinski definition) is 2. The van der Waals surface area contributed by atoms with Crippen LogP contribution in [-0.2, 0) is 5.66 Å². The van der Waals surface area contributed by atoms with E-state index < -0.39 is 5.66 Å². The van der Waals surface area contributed by atoms with E-state index >= 15 is 0 Å². The van der Waals surface area contributed by atoms with Gasteiger partial charge in [-0.3, -0.25) is 0 Å². The highest BCUT2D eigenvalue weighted by Crippen LogP contribution is 2.50. The highest BCUT2D eigenvalue weighted by atomic mass is 16.3. The number of aryl methyl sites for hydroxylation is 1. The van der Waals surface area contributed by atoms with Crippen LogP contribution in [0.25, 0.3) is 55.6 Å². The van der Waals surface area contributed by atoms with Gasteiger partial charge in [-0.25, -0.2) is 0 Å². The Morgan fingerprint density at radius 2 is 1.41 bits per heavy atom. The van der Waals surface area contributed by atoms with Gasteiger partial charge in [-0.05, 0) is 61.0 Å². The van der Waals surface area contributed by atoms with E-state index in [2.05, 4.69) is 101 Å². The van der Waals surface area contributed by atoms with Gasteiger partial charge in [0.25, 0.3) is 0 Å². The molecular weight excluding hydrogens is 502 g/mol. The topological polar surface area (TPSA) is 44.7 Å². The SMILES string of the molecule is Cc1ccc2[n+](c1)C1(c3ccccc3-2)c2ccc3c(oc4c(-c5ccccc5)c(C#N)ccc43)c2-c2cccc[n+]21. The van der Waals surface area contributed by atoms with Crippen LogP contribution in [0.4, 0.5) is 0 Å². The van der Waals surface area contributed by atoms with E-state index in [4.69, 9.17) is 4.42 Å². The van der Waals surface area contributed by atoms with Gasteiger partial charge in [0, 0.05) is 40.1 Å². The Balaban J connectivity index is 1.46. The molecule has 4 heteroatoms. The van der Waals surface area contributed by atoms with Gasteiger partial charge in [0.2, 0.25) is 11.4 Å². The maximum atomic E-state index is 10.0. The quantitative estimate of drug-likeness (QED) is 0.212. The Bertz CT molecular complexity index is 2290. The lowest BCUT2D eigenvalue weighted by Crippen LogP contribution is -2.71. The summed E-state index contributed by atoms with van der Waals surface area (Å²) < 4.78 is 11.7. The molecule has 0 saturated carbocycles. The second-order valence-corrected chi connectivity index (χ2v) is 10.9. The van der Waals surface area contributed by atoms with Crippen LogP contribution in [0.5, 0.6) is 0 Å². The van der Waals surface area contributed by atoms with Gasteiger partial charge in [0.15, 0.2) is 12.4 Å². The number of nitriles is 1. The molecule has 0 N–H and O–H groups in total. The molecule has 1 atom stereocenters. The molecule has 190 valence electrons. The third-order valence-corrected chi connectivity index (χ3v) is 8.86. The van der Waals surface area contributed by atoms with Gasteiger partial charge in [-0.15, -0.1) is 9.13 Å². The molecule has 0 fully saturated rings. The number of pyridine rings is 2. The molecule has 2 aliphatic heterocycles. The fraction of sp³-hybridized carbons (Fsp3) is 0.0541. The molecule has 41 heavy (non-hydrogen) atoms. The molecule has 0 saturated heterocycles. The first kappa shape index (κ1) is 22.3. The van der Waals surface area contributed by atoms with Gasteiger partial charge in [0.05, 0.1) is 17.2 Å². The van der Waals surface area contributed by atoms with Crippen LogP contribution in [0.1, 0.15) is 22.3 Å². The summed E-state index contributed by atoms with van der Waals surface area (Å²) in [6, 6.07) is 40.5. The zero-order valence-corrected chi connectivity index (χ0v) is 22.3. The minimum absolute atomic E-state index is 0.586. The van der Waals surface area contributed by atoms with Crippen molar-refractivity contribution in [3.63, 3.8) is 0 Å². The van der Waals surface area contributed by atoms with Crippen LogP contribution < -0.4 is 9.13 Å². The Kier molecular flexibility index (Phi) is 4.23. The van der Waals surface area contributed by atoms with E-state index in [1.807, 2.05) is 42.5 Å². The Hall–Kier alpha value is -5.53. The van der Waals surface area contributed by atoms with Crippen molar-refractivity contribution in [3.8, 4) is 39.7 Å². The molecule has 1 spiro atoms. The largest absolute Gasteiger partial charge is 0.454 e. The lowest BCUT2D eigenvalue weighted by molar-refractivity contribution is -0.955. The van der Waals surface area contributed by atoms with E-state index in [0.717, 1.165) is 44.3 Å². The lowest BCUT2D eigenvalue weighted by Gasteiger charge is -2.17. The number of nitrogens with zero attached hydrogens (tertiary/aromatic N) is 3. The fourth-order valence-electron chi connectivity index (χ4n) is 7.25. The van der Waals surface area contributed by atoms with Crippen LogP contribution >= 0.6 is 0 Å². The molecule has 0 amide bonds. The molecule has 0 bridgehead atoms. The predicted molar refractivity (Wildman–Crippen MR) is 158 cm³/mol. The summed E-state index contributed by atoms with van der Waals surface area (Å²) in [6.07, 6.45) is 4.46. The standard InChI is InChI=1S/C37H23N3O/c1-23-14-19-31-28-11-5-6-12-29(28)37(40(31)22-23)30-18-17-27-26-16-15-25(21-38)33(24-9-3-2-4-10-24)35(26)41-36(27)34(30)32-13-7-8-20-39(32)37/h2-20,22H,1H3/q+2. The van der Waals surface area contributed by atoms with E-state index in [1.54, 1.807) is 0 Å². The minimum Gasteiger partial charge on any atom is -0.454 e. The molecule has 1 unspecified atom stereocenters. The average Bonchev–Trinajstić information content (AvgIpc) is 3.64. The summed E-state index contributed by atoms with van der Waals surface area (Å²) in [5.41, 5.74) is 11.7. The van der Waals surface area contributed by atoms with Crippen LogP contribution in [-0.4, -0.2) is 0 Å². The lowest BCUT2D eigenvalue weighted by atomic mass is 9.89. The van der Waals surface area contributed by atoms with Crippen molar-refractivity contribution in [3.05, 3.63) is 144 Å². The maximum Gasteiger partial charge on any atom is 0.417 e. The monoisotopic (exact) mass is 525 g/mol. The minimum atomic E-state index is -0.586. The summed E-state index contributed by atoms with van der Waals surface area (Å²) in [5.74, 6) is 0. The van der Waals surface area contributed by atoms with Gasteiger partial charge in [-0.2, -0.15) is 5.26 Å². The number of hydrogen-bond donors (Lipinski definition) is 0. The Morgan fingerprint density at radius 1 is 0.659 bits per heavy atom. The zero-order valence-electron chi connectivity index (χ0n) is 22.3. The van der Waals surface area contributed by atoms with Crippen LogP contribution in [0, 0.1) is 18.3 Å². The van der Waals surface area contributed by atoms with Gasteiger partial charge < -0.3 is 4.42 Å². The fourth-order valence-corrected chi connectivity index (χ4v) is 7.25. The molecule has 5 heterocycles. The average molecular weight is 526 g/mol. The van der Waals surface area contributed by atoms with Crippen molar-refractivity contribution < 1.29 is 13.6 Å². The molecular formula is C37H23N3O+2. The number of rotatable bonds is 1. The molecule has 2 aliphatic rings. The molecule has 0 radical (unpaired) electrons. The maximum absolute atomic E-state index is 10.0. The number of furan rings is 1. The summed E-state index contributed by atoms with van der Waals surface area (Å²) >= 11 is 0. The van der Waals surface area contributed by atoms with Crippen molar-refractivity contribution in [1.29, 1.82) is 5.26 Å². The Morgan fingerprint density at radius 3 is 2.27 bits per heavy atom. The normalized spacial score (nSPS) is 16.0. The third-order valence-electron chi connectivity index (χ3n) is 8.86. The van der Waals surface area contributed by atoms with Crippen molar-refractivity contribution in [2.45, 2.75) is 12.6 Å². The van der Waals surface area contributed by atoms with E-state index in [9.17, 15) is 5.26 Å². The van der Waals surface area contributed by atoms with Crippen molar-refractivity contribution in [2.75, 3.05) is 0 Å².